The van der Waals surface area contributed by atoms with Crippen LogP contribution in [-0.2, 0) is 29.6 Å². The molecule has 0 aromatic heterocycles. The lowest BCUT2D eigenvalue weighted by atomic mass is 9.76. The minimum atomic E-state index is -4.74. The van der Waals surface area contributed by atoms with Crippen LogP contribution in [0.25, 0.3) is 44.5 Å². The summed E-state index contributed by atoms with van der Waals surface area (Å²) in [5, 5.41) is 0. The summed E-state index contributed by atoms with van der Waals surface area (Å²) in [5.41, 5.74) is 12.9. The lowest BCUT2D eigenvalue weighted by Gasteiger charge is -2.30. The summed E-state index contributed by atoms with van der Waals surface area (Å²) in [6, 6.07) is 18.4. The summed E-state index contributed by atoms with van der Waals surface area (Å²) in [6.45, 7) is 13.9. The van der Waals surface area contributed by atoms with Gasteiger partial charge in [-0.25, -0.2) is 9.13 Å². The van der Waals surface area contributed by atoms with E-state index in [0.29, 0.717) is 33.4 Å². The third kappa shape index (κ3) is 4.33. The molecule has 1 atom stereocenters. The summed E-state index contributed by atoms with van der Waals surface area (Å²) >= 11 is 0. The average molecular weight is 711 g/mol. The quantitative estimate of drug-likeness (QED) is 0.133. The highest BCUT2D eigenvalue weighted by atomic mass is 31.2. The molecule has 0 saturated heterocycles. The summed E-state index contributed by atoms with van der Waals surface area (Å²) in [7, 11) is -8.76. The Bertz CT molecular complexity index is 2320. The van der Waals surface area contributed by atoms with Crippen LogP contribution in [0.4, 0.5) is 0 Å². The van der Waals surface area contributed by atoms with Crippen molar-refractivity contribution in [1.82, 2.24) is 0 Å². The number of phosphoric acid groups is 2. The Hall–Kier alpha value is -4.56. The Morgan fingerprint density at radius 1 is 0.440 bits per heavy atom. The van der Waals surface area contributed by atoms with Gasteiger partial charge in [0.25, 0.3) is 0 Å². The first-order chi connectivity index (χ1) is 23.9. The van der Waals surface area contributed by atoms with Gasteiger partial charge in [0.1, 0.15) is 0 Å². The highest BCUT2D eigenvalue weighted by molar-refractivity contribution is 7.50. The van der Waals surface area contributed by atoms with Crippen molar-refractivity contribution < 1.29 is 46.3 Å². The maximum atomic E-state index is 14.5. The molecule has 0 radical (unpaired) electrons. The second-order valence-corrected chi connectivity index (χ2v) is 16.1. The van der Waals surface area contributed by atoms with Gasteiger partial charge in [-0.1, -0.05) is 63.9 Å². The molecule has 5 heterocycles. The number of fused-ring (bicyclic) bond motifs is 3. The van der Waals surface area contributed by atoms with Crippen LogP contribution in [0, 0.1) is 48.5 Å². The molecule has 12 heteroatoms. The third-order valence-electron chi connectivity index (χ3n) is 9.96. The molecule has 5 aliphatic rings. The number of rotatable bonds is 3. The Morgan fingerprint density at radius 3 is 1.34 bits per heavy atom. The van der Waals surface area contributed by atoms with Crippen LogP contribution < -0.4 is 23.3 Å². The van der Waals surface area contributed by atoms with E-state index in [2.05, 4.69) is 26.0 Å². The molecule has 0 N–H and O–H groups in total. The summed E-state index contributed by atoms with van der Waals surface area (Å²) in [5.74, 6) is 0.538. The predicted octanol–water partition coefficient (Wildman–Crippen LogP) is 11.1. The lowest BCUT2D eigenvalue weighted by Crippen LogP contribution is -2.14. The monoisotopic (exact) mass is 710 g/mol. The molecule has 9 bridgehead atoms. The maximum absolute atomic E-state index is 14.5. The molecule has 0 fully saturated rings. The van der Waals surface area contributed by atoms with Crippen molar-refractivity contribution >= 4 is 15.6 Å². The van der Waals surface area contributed by atoms with E-state index in [1.54, 1.807) is 0 Å². The molecule has 254 valence electrons. The molecular weight excluding hydrogens is 678 g/mol. The minimum absolute atomic E-state index is 0.0153. The van der Waals surface area contributed by atoms with Crippen LogP contribution in [0.5, 0.6) is 28.7 Å². The Labute approximate surface area is 288 Å². The fourth-order valence-corrected chi connectivity index (χ4v) is 9.94. The van der Waals surface area contributed by atoms with Crippen molar-refractivity contribution in [3.05, 3.63) is 99.1 Å². The summed E-state index contributed by atoms with van der Waals surface area (Å²) in [6.07, 6.45) is 0. The van der Waals surface area contributed by atoms with Crippen LogP contribution in [0.3, 0.4) is 0 Å². The van der Waals surface area contributed by atoms with Crippen molar-refractivity contribution in [2.24, 2.45) is 0 Å². The van der Waals surface area contributed by atoms with Gasteiger partial charge in [0.05, 0.1) is 12.2 Å². The standard InChI is InChI=1S/C38H32O10P2/c1-18-11-8-12-19(2)26(18)30-31(27-20(3)13-9-14-21(27)4)36-33-29-24(7)34-38-35(25(29)17-41-49(39,44-34)46-38)45-50(40,47-42-36)48-43-37(33)32(30)28-22(5)15-10-16-23(28)6/h8-16H,17H2,1-7H3. The van der Waals surface area contributed by atoms with E-state index < -0.39 is 15.6 Å². The second kappa shape index (κ2) is 10.7. The average Bonchev–Trinajstić information content (AvgIpc) is 3.39. The third-order valence-corrected chi connectivity index (χ3v) is 12.1. The first kappa shape index (κ1) is 31.4. The molecule has 10 nitrogen and oxygen atoms in total. The fraction of sp³-hybridized carbons (Fsp3) is 0.211. The second-order valence-electron chi connectivity index (χ2n) is 13.2. The highest BCUT2D eigenvalue weighted by Crippen LogP contribution is 2.73. The van der Waals surface area contributed by atoms with Crippen LogP contribution in [0.15, 0.2) is 54.6 Å². The Morgan fingerprint density at radius 2 is 0.860 bits per heavy atom. The number of hydrogen-bond donors (Lipinski definition) is 0. The van der Waals surface area contributed by atoms with E-state index >= 15 is 0 Å². The minimum Gasteiger partial charge on any atom is -0.396 e. The fourth-order valence-electron chi connectivity index (χ4n) is 7.84. The lowest BCUT2D eigenvalue weighted by molar-refractivity contribution is -0.189. The van der Waals surface area contributed by atoms with Crippen molar-refractivity contribution in [1.29, 1.82) is 0 Å². The maximum Gasteiger partial charge on any atom is 0.604 e. The Kier molecular flexibility index (Phi) is 6.74. The number of phosphoric ester groups is 1. The molecule has 5 aromatic rings. The van der Waals surface area contributed by atoms with E-state index in [1.165, 1.54) is 0 Å². The van der Waals surface area contributed by atoms with Crippen molar-refractivity contribution in [3.8, 4) is 73.3 Å². The van der Waals surface area contributed by atoms with Crippen LogP contribution >= 0.6 is 15.6 Å². The van der Waals surface area contributed by atoms with Gasteiger partial charge >= 0.3 is 15.6 Å². The van der Waals surface area contributed by atoms with E-state index in [-0.39, 0.29) is 35.4 Å². The van der Waals surface area contributed by atoms with Crippen LogP contribution in [0.1, 0.15) is 44.5 Å². The van der Waals surface area contributed by atoms with Crippen LogP contribution in [0.2, 0.25) is 0 Å². The van der Waals surface area contributed by atoms with Crippen molar-refractivity contribution in [3.63, 3.8) is 0 Å². The highest BCUT2D eigenvalue weighted by Gasteiger charge is 2.53. The smallest absolute Gasteiger partial charge is 0.396 e. The molecule has 0 aliphatic carbocycles. The first-order valence-electron chi connectivity index (χ1n) is 16.2. The first-order valence-corrected chi connectivity index (χ1v) is 19.1. The number of benzene rings is 5. The van der Waals surface area contributed by atoms with Gasteiger partial charge in [-0.05, 0) is 98.5 Å². The number of hydrogen-bond acceptors (Lipinski definition) is 10. The normalized spacial score (nSPS) is 18.8. The Balaban J connectivity index is 1.60. The summed E-state index contributed by atoms with van der Waals surface area (Å²) in [4.78, 5) is 12.6. The molecule has 50 heavy (non-hydrogen) atoms. The molecule has 0 amide bonds. The van der Waals surface area contributed by atoms with E-state index in [4.69, 9.17) is 37.2 Å². The molecule has 1 unspecified atom stereocenters. The predicted molar refractivity (Wildman–Crippen MR) is 187 cm³/mol. The van der Waals surface area contributed by atoms with Gasteiger partial charge in [0.15, 0.2) is 23.0 Å². The zero-order chi connectivity index (χ0) is 34.9. The van der Waals surface area contributed by atoms with Gasteiger partial charge in [-0.2, -0.15) is 0 Å². The molecule has 0 saturated carbocycles. The van der Waals surface area contributed by atoms with Gasteiger partial charge in [-0.3, -0.25) is 4.52 Å². The zero-order valence-electron chi connectivity index (χ0n) is 28.4. The van der Waals surface area contributed by atoms with Gasteiger partial charge in [0, 0.05) is 33.4 Å². The zero-order valence-corrected chi connectivity index (χ0v) is 30.2. The van der Waals surface area contributed by atoms with Gasteiger partial charge in [0.2, 0.25) is 5.75 Å². The SMILES string of the molecule is Cc1cccc(C)c1-c1c2c3c(c(-c4c(C)cccc4C)c1-c1c(C)cccc1C)OOP(=O)(OO2)Oc1c2c-3c(C)c3c1OP(=O)(OC2)O3. The van der Waals surface area contributed by atoms with Gasteiger partial charge < -0.3 is 23.3 Å². The van der Waals surface area contributed by atoms with Gasteiger partial charge in [-0.15, -0.1) is 0 Å². The molecule has 5 aromatic carbocycles. The van der Waals surface area contributed by atoms with Crippen molar-refractivity contribution in [2.75, 3.05) is 0 Å². The molecule has 10 rings (SSSR count). The summed E-state index contributed by atoms with van der Waals surface area (Å²) < 4.78 is 62.6. The largest absolute Gasteiger partial charge is 0.604 e. The molecule has 5 aliphatic heterocycles. The van der Waals surface area contributed by atoms with Crippen molar-refractivity contribution in [2.45, 2.75) is 55.1 Å². The number of aryl methyl sites for hydroxylation is 6. The van der Waals surface area contributed by atoms with E-state index in [0.717, 1.165) is 55.6 Å². The van der Waals surface area contributed by atoms with E-state index in [9.17, 15) is 9.13 Å². The van der Waals surface area contributed by atoms with E-state index in [1.807, 2.05) is 77.1 Å². The topological polar surface area (TPSA) is 108 Å². The molecule has 0 spiro atoms. The molecular formula is C38H32O10P2. The van der Waals surface area contributed by atoms with Crippen LogP contribution in [-0.4, -0.2) is 0 Å².